The molecular weight excluding hydrogens is 308 g/mol. The second-order valence-corrected chi connectivity index (χ2v) is 7.26. The first-order valence-corrected chi connectivity index (χ1v) is 8.18. The Kier molecular flexibility index (Phi) is 4.07. The topological polar surface area (TPSA) is 75.7 Å². The fraction of sp³-hybridized carbons (Fsp3) is 0.500. The maximum absolute atomic E-state index is 12.6. The molecule has 2 atom stereocenters. The monoisotopic (exact) mass is 330 g/mol. The van der Waals surface area contributed by atoms with Gasteiger partial charge in [-0.1, -0.05) is 18.2 Å². The van der Waals surface area contributed by atoms with Gasteiger partial charge >= 0.3 is 5.97 Å². The number of imide groups is 1. The molecule has 0 spiro atoms. The molecule has 6 heteroatoms. The smallest absolute Gasteiger partial charge is 0.315 e. The van der Waals surface area contributed by atoms with Crippen LogP contribution in [-0.4, -0.2) is 36.0 Å². The number of anilines is 1. The Balaban J connectivity index is 1.88. The third kappa shape index (κ3) is 3.13. The van der Waals surface area contributed by atoms with Crippen molar-refractivity contribution in [2.45, 2.75) is 51.2 Å². The number of para-hydroxylation sites is 1. The molecule has 1 aromatic carbocycles. The maximum atomic E-state index is 12.6. The lowest BCUT2D eigenvalue weighted by atomic mass is 10.0. The highest BCUT2D eigenvalue weighted by molar-refractivity contribution is 6.02. The Morgan fingerprint density at radius 3 is 2.62 bits per heavy atom. The van der Waals surface area contributed by atoms with E-state index in [1.807, 2.05) is 49.9 Å². The number of hydrogen-bond acceptors (Lipinski definition) is 5. The lowest BCUT2D eigenvalue weighted by Crippen LogP contribution is -2.52. The highest BCUT2D eigenvalue weighted by Crippen LogP contribution is 2.39. The summed E-state index contributed by atoms with van der Waals surface area (Å²) in [6.07, 6.45) is 0.770. The molecule has 1 aromatic rings. The van der Waals surface area contributed by atoms with Crippen LogP contribution in [0.5, 0.6) is 0 Å². The van der Waals surface area contributed by atoms with Gasteiger partial charge in [0, 0.05) is 18.7 Å². The van der Waals surface area contributed by atoms with Crippen molar-refractivity contribution in [1.29, 1.82) is 0 Å². The summed E-state index contributed by atoms with van der Waals surface area (Å²) >= 11 is 0. The number of carbonyl (C=O) groups is 3. The number of hydrogen-bond donors (Lipinski definition) is 1. The molecule has 3 rings (SSSR count). The van der Waals surface area contributed by atoms with Crippen molar-refractivity contribution in [1.82, 2.24) is 5.32 Å². The van der Waals surface area contributed by atoms with Gasteiger partial charge in [0.05, 0.1) is 0 Å². The van der Waals surface area contributed by atoms with Gasteiger partial charge in [0.2, 0.25) is 11.8 Å². The summed E-state index contributed by atoms with van der Waals surface area (Å²) in [7, 11) is 0. The summed E-state index contributed by atoms with van der Waals surface area (Å²) in [4.78, 5) is 38.1. The minimum atomic E-state index is -0.561. The molecular formula is C18H22N2O4. The third-order valence-electron chi connectivity index (χ3n) is 4.28. The summed E-state index contributed by atoms with van der Waals surface area (Å²) in [6, 6.07) is 7.13. The average Bonchev–Trinajstić information content (AvgIpc) is 2.85. The first kappa shape index (κ1) is 16.5. The van der Waals surface area contributed by atoms with Crippen LogP contribution in [-0.2, 0) is 19.1 Å². The van der Waals surface area contributed by atoms with Gasteiger partial charge in [0.1, 0.15) is 17.6 Å². The Morgan fingerprint density at radius 1 is 1.25 bits per heavy atom. The van der Waals surface area contributed by atoms with Gasteiger partial charge in [0.15, 0.2) is 0 Å². The largest absolute Gasteiger partial charge is 0.459 e. The molecule has 2 unspecified atom stereocenters. The Labute approximate surface area is 141 Å². The predicted octanol–water partition coefficient (Wildman–Crippen LogP) is 1.74. The molecule has 1 fully saturated rings. The summed E-state index contributed by atoms with van der Waals surface area (Å²) in [5.74, 6) is -1.26. The minimum Gasteiger partial charge on any atom is -0.459 e. The number of carbonyl (C=O) groups excluding carboxylic acids is 3. The van der Waals surface area contributed by atoms with Crippen LogP contribution >= 0.6 is 0 Å². The van der Waals surface area contributed by atoms with Crippen molar-refractivity contribution in [2.75, 3.05) is 11.4 Å². The van der Waals surface area contributed by atoms with Gasteiger partial charge in [-0.2, -0.15) is 0 Å². The number of benzene rings is 1. The highest BCUT2D eigenvalue weighted by atomic mass is 16.6. The Morgan fingerprint density at radius 2 is 1.96 bits per heavy atom. The predicted molar refractivity (Wildman–Crippen MR) is 88.5 cm³/mol. The number of rotatable bonds is 2. The molecule has 0 aromatic heterocycles. The normalized spacial score (nSPS) is 23.7. The van der Waals surface area contributed by atoms with E-state index in [0.29, 0.717) is 19.4 Å². The highest BCUT2D eigenvalue weighted by Gasteiger charge is 2.42. The van der Waals surface area contributed by atoms with Crippen LogP contribution in [0.3, 0.4) is 0 Å². The summed E-state index contributed by atoms with van der Waals surface area (Å²) < 4.78 is 5.54. The first-order chi connectivity index (χ1) is 11.3. The minimum absolute atomic E-state index is 0.243. The van der Waals surface area contributed by atoms with E-state index >= 15 is 0 Å². The molecule has 6 nitrogen and oxygen atoms in total. The van der Waals surface area contributed by atoms with Gasteiger partial charge in [-0.05, 0) is 38.8 Å². The van der Waals surface area contributed by atoms with Crippen LogP contribution in [0.15, 0.2) is 24.3 Å². The molecule has 1 saturated heterocycles. The van der Waals surface area contributed by atoms with Gasteiger partial charge in [-0.3, -0.25) is 19.7 Å². The lowest BCUT2D eigenvalue weighted by molar-refractivity contribution is -0.156. The van der Waals surface area contributed by atoms with Gasteiger partial charge in [-0.25, -0.2) is 0 Å². The van der Waals surface area contributed by atoms with E-state index in [2.05, 4.69) is 5.32 Å². The zero-order valence-electron chi connectivity index (χ0n) is 14.2. The van der Waals surface area contributed by atoms with E-state index in [1.165, 1.54) is 0 Å². The van der Waals surface area contributed by atoms with Crippen molar-refractivity contribution in [3.8, 4) is 0 Å². The van der Waals surface area contributed by atoms with Crippen LogP contribution in [0, 0.1) is 0 Å². The fourth-order valence-corrected chi connectivity index (χ4v) is 3.29. The second kappa shape index (κ2) is 5.92. The Bertz CT molecular complexity index is 693. The van der Waals surface area contributed by atoms with E-state index in [9.17, 15) is 14.4 Å². The number of piperidine rings is 1. The molecule has 128 valence electrons. The zero-order valence-corrected chi connectivity index (χ0v) is 14.2. The van der Waals surface area contributed by atoms with Crippen LogP contribution in [0.2, 0.25) is 0 Å². The molecule has 0 saturated carbocycles. The van der Waals surface area contributed by atoms with Crippen LogP contribution in [0.4, 0.5) is 5.69 Å². The summed E-state index contributed by atoms with van der Waals surface area (Å²) in [5.41, 5.74) is 1.17. The van der Waals surface area contributed by atoms with Crippen LogP contribution < -0.4 is 10.2 Å². The molecule has 0 radical (unpaired) electrons. The van der Waals surface area contributed by atoms with E-state index in [1.54, 1.807) is 0 Å². The Hall–Kier alpha value is -2.37. The molecule has 0 bridgehead atoms. The maximum Gasteiger partial charge on any atom is 0.315 e. The second-order valence-electron chi connectivity index (χ2n) is 7.26. The van der Waals surface area contributed by atoms with Crippen LogP contribution in [0.25, 0.3) is 0 Å². The molecule has 1 N–H and O–H groups in total. The first-order valence-electron chi connectivity index (χ1n) is 8.18. The number of ether oxygens (including phenoxy) is 1. The number of nitrogens with one attached hydrogen (secondary N) is 1. The number of nitrogens with zero attached hydrogens (tertiary/aromatic N) is 1. The molecule has 0 aliphatic carbocycles. The van der Waals surface area contributed by atoms with E-state index in [4.69, 9.17) is 4.74 Å². The molecule has 2 aliphatic heterocycles. The standard InChI is InChI=1S/C18H22N2O4/c1-18(2,3)24-17(23)12-10-20(13-7-5-4-6-11(12)13)14-8-9-15(21)19-16(14)22/h4-7,12,14H,8-10H2,1-3H3,(H,19,21,22). The van der Waals surface area contributed by atoms with Gasteiger partial charge < -0.3 is 9.64 Å². The molecule has 24 heavy (non-hydrogen) atoms. The molecule has 2 amide bonds. The lowest BCUT2D eigenvalue weighted by Gasteiger charge is -2.32. The quantitative estimate of drug-likeness (QED) is 0.660. The summed E-state index contributed by atoms with van der Waals surface area (Å²) in [5, 5.41) is 2.38. The SMILES string of the molecule is CC(C)(C)OC(=O)C1CN(C2CCC(=O)NC2=O)c2ccccc21. The van der Waals surface area contributed by atoms with E-state index in [-0.39, 0.29) is 17.8 Å². The van der Waals surface area contributed by atoms with Crippen molar-refractivity contribution in [2.24, 2.45) is 0 Å². The van der Waals surface area contributed by atoms with E-state index < -0.39 is 17.6 Å². The molecule has 2 heterocycles. The number of esters is 1. The van der Waals surface area contributed by atoms with Crippen molar-refractivity contribution >= 4 is 23.5 Å². The van der Waals surface area contributed by atoms with Gasteiger partial charge in [0.25, 0.3) is 0 Å². The third-order valence-corrected chi connectivity index (χ3v) is 4.28. The van der Waals surface area contributed by atoms with Crippen molar-refractivity contribution in [3.63, 3.8) is 0 Å². The van der Waals surface area contributed by atoms with Crippen molar-refractivity contribution in [3.05, 3.63) is 29.8 Å². The van der Waals surface area contributed by atoms with E-state index in [0.717, 1.165) is 11.3 Å². The number of fused-ring (bicyclic) bond motifs is 1. The fourth-order valence-electron chi connectivity index (χ4n) is 3.29. The number of amides is 2. The zero-order chi connectivity index (χ0) is 17.5. The average molecular weight is 330 g/mol. The van der Waals surface area contributed by atoms with Crippen molar-refractivity contribution < 1.29 is 19.1 Å². The summed E-state index contributed by atoms with van der Waals surface area (Å²) in [6.45, 7) is 5.90. The van der Waals surface area contributed by atoms with Gasteiger partial charge in [-0.15, -0.1) is 0 Å². The van der Waals surface area contributed by atoms with Crippen LogP contribution in [0.1, 0.15) is 45.1 Å². The molecule has 2 aliphatic rings.